The third-order valence-electron chi connectivity index (χ3n) is 7.19. The van der Waals surface area contributed by atoms with Gasteiger partial charge < -0.3 is 38.5 Å². The SMILES string of the molecule is COc1ccc(-c2c(OC(=O)O)n(Cc3ccc4nsnc4c3)c3cc(OCc4ccccc4)c(OC)cc23)c(OCC(=O)O)c1. The van der Waals surface area contributed by atoms with Gasteiger partial charge in [0.2, 0.25) is 5.88 Å². The van der Waals surface area contributed by atoms with Gasteiger partial charge >= 0.3 is 12.1 Å². The quantitative estimate of drug-likeness (QED) is 0.141. The van der Waals surface area contributed by atoms with E-state index in [1.807, 2.05) is 48.5 Å². The molecule has 2 N–H and O–H groups in total. The molecule has 0 saturated carbocycles. The average Bonchev–Trinajstić information content (AvgIpc) is 3.64. The first-order valence-electron chi connectivity index (χ1n) is 13.9. The van der Waals surface area contributed by atoms with E-state index in [0.29, 0.717) is 44.8 Å². The summed E-state index contributed by atoms with van der Waals surface area (Å²) >= 11 is 1.10. The van der Waals surface area contributed by atoms with Gasteiger partial charge in [0.25, 0.3) is 0 Å². The van der Waals surface area contributed by atoms with E-state index in [9.17, 15) is 19.8 Å². The highest BCUT2D eigenvalue weighted by Crippen LogP contribution is 2.48. The van der Waals surface area contributed by atoms with Gasteiger partial charge in [0.05, 0.1) is 43.6 Å². The number of carbonyl (C=O) groups is 2. The van der Waals surface area contributed by atoms with E-state index in [4.69, 9.17) is 23.7 Å². The van der Waals surface area contributed by atoms with Gasteiger partial charge in [-0.1, -0.05) is 36.4 Å². The number of benzene rings is 4. The largest absolute Gasteiger partial charge is 0.512 e. The normalized spacial score (nSPS) is 11.0. The second-order valence-corrected chi connectivity index (χ2v) is 10.6. The maximum atomic E-state index is 12.2. The van der Waals surface area contributed by atoms with Crippen LogP contribution in [0.15, 0.2) is 78.9 Å². The minimum atomic E-state index is -1.54. The van der Waals surface area contributed by atoms with Gasteiger partial charge in [-0.2, -0.15) is 8.75 Å². The summed E-state index contributed by atoms with van der Waals surface area (Å²) in [4.78, 5) is 23.7. The molecule has 0 spiro atoms. The molecule has 0 fully saturated rings. The van der Waals surface area contributed by atoms with Crippen molar-refractivity contribution in [1.82, 2.24) is 13.3 Å². The van der Waals surface area contributed by atoms with Crippen LogP contribution in [0, 0.1) is 0 Å². The molecule has 2 aromatic heterocycles. The van der Waals surface area contributed by atoms with Crippen molar-refractivity contribution in [2.24, 2.45) is 0 Å². The van der Waals surface area contributed by atoms with Crippen molar-refractivity contribution in [2.45, 2.75) is 13.2 Å². The van der Waals surface area contributed by atoms with Crippen LogP contribution in [0.25, 0.3) is 33.1 Å². The van der Waals surface area contributed by atoms with Crippen LogP contribution in [0.4, 0.5) is 4.79 Å². The van der Waals surface area contributed by atoms with E-state index >= 15 is 0 Å². The summed E-state index contributed by atoms with van der Waals surface area (Å²) in [5, 5.41) is 19.8. The average molecular weight is 642 g/mol. The lowest BCUT2D eigenvalue weighted by Crippen LogP contribution is -2.11. The first-order valence-corrected chi connectivity index (χ1v) is 14.6. The molecule has 0 aliphatic carbocycles. The summed E-state index contributed by atoms with van der Waals surface area (Å²) in [5.74, 6) is 0.156. The van der Waals surface area contributed by atoms with Crippen LogP contribution in [-0.4, -0.2) is 56.5 Å². The standard InChI is InChI=1S/C33H27N3O9S/c1-41-21-9-10-22(27(13-21)44-18-30(37)38)31-23-14-28(42-2)29(43-17-19-6-4-3-5-7-19)15-26(23)36(32(31)45-33(39)40)16-20-8-11-24-25(12-20)35-46-34-24/h3-15H,16-18H2,1-2H3,(H,37,38)(H,39,40). The lowest BCUT2D eigenvalue weighted by atomic mass is 10.0. The molecule has 4 aromatic carbocycles. The number of fused-ring (bicyclic) bond motifs is 2. The molecular weight excluding hydrogens is 614 g/mol. The van der Waals surface area contributed by atoms with Crippen molar-refractivity contribution in [1.29, 1.82) is 0 Å². The van der Waals surface area contributed by atoms with Crippen molar-refractivity contribution in [2.75, 3.05) is 20.8 Å². The van der Waals surface area contributed by atoms with E-state index < -0.39 is 18.7 Å². The lowest BCUT2D eigenvalue weighted by molar-refractivity contribution is -0.139. The molecule has 13 heteroatoms. The molecule has 12 nitrogen and oxygen atoms in total. The van der Waals surface area contributed by atoms with E-state index in [0.717, 1.165) is 28.4 Å². The number of ether oxygens (including phenoxy) is 5. The zero-order chi connectivity index (χ0) is 32.2. The van der Waals surface area contributed by atoms with Crippen molar-refractivity contribution >= 4 is 45.8 Å². The van der Waals surface area contributed by atoms with Crippen LogP contribution in [0.1, 0.15) is 11.1 Å². The third kappa shape index (κ3) is 6.21. The molecule has 0 amide bonds. The number of nitrogens with zero attached hydrogens (tertiary/aromatic N) is 3. The minimum Gasteiger partial charge on any atom is -0.497 e. The fourth-order valence-corrected chi connectivity index (χ4v) is 5.67. The van der Waals surface area contributed by atoms with Crippen molar-refractivity contribution in [3.63, 3.8) is 0 Å². The number of aromatic nitrogens is 3. The van der Waals surface area contributed by atoms with Gasteiger partial charge in [-0.3, -0.25) is 0 Å². The van der Waals surface area contributed by atoms with Gasteiger partial charge in [0.1, 0.15) is 29.1 Å². The molecule has 6 rings (SSSR count). The van der Waals surface area contributed by atoms with Gasteiger partial charge in [-0.05, 0) is 41.5 Å². The summed E-state index contributed by atoms with van der Waals surface area (Å²) in [6.45, 7) is -0.206. The maximum Gasteiger partial charge on any atom is 0.512 e. The minimum absolute atomic E-state index is 0.0217. The highest BCUT2D eigenvalue weighted by Gasteiger charge is 2.27. The zero-order valence-corrected chi connectivity index (χ0v) is 25.4. The highest BCUT2D eigenvalue weighted by molar-refractivity contribution is 7.00. The van der Waals surface area contributed by atoms with E-state index in [1.165, 1.54) is 20.3 Å². The Bertz CT molecular complexity index is 2060. The lowest BCUT2D eigenvalue weighted by Gasteiger charge is -2.14. The Morgan fingerprint density at radius 1 is 0.804 bits per heavy atom. The molecule has 0 aliphatic heterocycles. The number of hydrogen-bond acceptors (Lipinski definition) is 10. The predicted octanol–water partition coefficient (Wildman–Crippen LogP) is 6.48. The smallest absolute Gasteiger partial charge is 0.497 e. The second-order valence-electron chi connectivity index (χ2n) is 10.1. The molecule has 46 heavy (non-hydrogen) atoms. The molecular formula is C33H27N3O9S. The van der Waals surface area contributed by atoms with Crippen molar-refractivity contribution < 1.29 is 43.5 Å². The van der Waals surface area contributed by atoms with Crippen LogP contribution >= 0.6 is 11.7 Å². The highest BCUT2D eigenvalue weighted by atomic mass is 32.1. The number of hydrogen-bond donors (Lipinski definition) is 2. The molecule has 0 radical (unpaired) electrons. The Morgan fingerprint density at radius 2 is 1.61 bits per heavy atom. The monoisotopic (exact) mass is 641 g/mol. The first-order chi connectivity index (χ1) is 22.3. The maximum absolute atomic E-state index is 12.2. The molecule has 0 atom stereocenters. The van der Waals surface area contributed by atoms with Crippen molar-refractivity contribution in [3.05, 3.63) is 90.0 Å². The summed E-state index contributed by atoms with van der Waals surface area (Å²) in [5.41, 5.74) is 4.47. The fraction of sp³-hybridized carbons (Fsp3) is 0.152. The van der Waals surface area contributed by atoms with Crippen molar-refractivity contribution in [3.8, 4) is 40.0 Å². The first kappa shape index (κ1) is 30.2. The molecule has 0 unspecified atom stereocenters. The second kappa shape index (κ2) is 13.0. The van der Waals surface area contributed by atoms with Gasteiger partial charge in [-0.25, -0.2) is 9.59 Å². The van der Waals surface area contributed by atoms with E-state index in [2.05, 4.69) is 8.75 Å². The molecule has 0 aliphatic rings. The molecule has 6 aromatic rings. The number of rotatable bonds is 12. The Kier molecular flexibility index (Phi) is 8.57. The van der Waals surface area contributed by atoms with E-state index in [-0.39, 0.29) is 24.8 Å². The fourth-order valence-electron chi connectivity index (χ4n) is 5.15. The summed E-state index contributed by atoms with van der Waals surface area (Å²) in [6, 6.07) is 23.6. The van der Waals surface area contributed by atoms with Gasteiger partial charge in [0, 0.05) is 23.1 Å². The van der Waals surface area contributed by atoms with Gasteiger partial charge in [0.15, 0.2) is 18.1 Å². The summed E-state index contributed by atoms with van der Waals surface area (Å²) in [6.07, 6.45) is -1.54. The third-order valence-corrected chi connectivity index (χ3v) is 7.75. The Balaban J connectivity index is 1.59. The van der Waals surface area contributed by atoms with Crippen LogP contribution in [0.5, 0.6) is 28.9 Å². The predicted molar refractivity (Wildman–Crippen MR) is 170 cm³/mol. The van der Waals surface area contributed by atoms with E-state index in [1.54, 1.807) is 28.8 Å². The Labute approximate surface area is 266 Å². The van der Waals surface area contributed by atoms with Crippen LogP contribution in [0.2, 0.25) is 0 Å². The number of carboxylic acids is 1. The number of carboxylic acid groups (broad SMARTS) is 2. The molecule has 0 saturated heterocycles. The van der Waals surface area contributed by atoms with Gasteiger partial charge in [-0.15, -0.1) is 0 Å². The van der Waals surface area contributed by atoms with Crippen LogP contribution < -0.4 is 23.7 Å². The molecule has 234 valence electrons. The van der Waals surface area contributed by atoms with Crippen LogP contribution in [0.3, 0.4) is 0 Å². The Hall–Kier alpha value is -5.82. The number of methoxy groups -OCH3 is 2. The number of aliphatic carboxylic acids is 1. The summed E-state index contributed by atoms with van der Waals surface area (Å²) < 4.78 is 38.8. The zero-order valence-electron chi connectivity index (χ0n) is 24.6. The summed E-state index contributed by atoms with van der Waals surface area (Å²) in [7, 11) is 2.98. The van der Waals surface area contributed by atoms with Crippen LogP contribution in [-0.2, 0) is 17.9 Å². The molecule has 0 bridgehead atoms. The molecule has 2 heterocycles. The Morgan fingerprint density at radius 3 is 2.35 bits per heavy atom. The topological polar surface area (TPSA) is 151 Å².